The van der Waals surface area contributed by atoms with Gasteiger partial charge in [-0.15, -0.1) is 0 Å². The molecule has 0 radical (unpaired) electrons. The number of anilines is 2. The second-order valence-electron chi connectivity index (χ2n) is 7.09. The molecule has 172 valence electrons. The maximum atomic E-state index is 12.6. The highest BCUT2D eigenvalue weighted by molar-refractivity contribution is 7.91. The third-order valence-electron chi connectivity index (χ3n) is 4.59. The van der Waals surface area contributed by atoms with Gasteiger partial charge in [0.25, 0.3) is 5.91 Å². The summed E-state index contributed by atoms with van der Waals surface area (Å²) in [7, 11) is -3.83. The number of benzene rings is 3. The van der Waals surface area contributed by atoms with Crippen LogP contribution in [-0.4, -0.2) is 36.2 Å². The van der Waals surface area contributed by atoms with Crippen LogP contribution in [0, 0.1) is 16.7 Å². The molecule has 1 amide bonds. The molecule has 0 aliphatic heterocycles. The highest BCUT2D eigenvalue weighted by atomic mass is 32.2. The van der Waals surface area contributed by atoms with Gasteiger partial charge in [-0.1, -0.05) is 30.3 Å². The van der Waals surface area contributed by atoms with Crippen molar-refractivity contribution < 1.29 is 28.2 Å². The maximum absolute atomic E-state index is 12.6. The fourth-order valence-electron chi connectivity index (χ4n) is 3.02. The number of nitriles is 1. The number of nitrogens with one attached hydrogen (secondary N) is 3. The predicted octanol–water partition coefficient (Wildman–Crippen LogP) is 2.91. The highest BCUT2D eigenvalue weighted by Crippen LogP contribution is 2.25. The Morgan fingerprint density at radius 2 is 1.71 bits per heavy atom. The number of hydrogen-bond donors (Lipinski definition) is 5. The number of carbonyl (C=O) groups is 2. The van der Waals surface area contributed by atoms with E-state index in [1.54, 1.807) is 36.4 Å². The summed E-state index contributed by atoms with van der Waals surface area (Å²) < 4.78 is 27.3. The zero-order chi connectivity index (χ0) is 24.9. The molecule has 0 fully saturated rings. The summed E-state index contributed by atoms with van der Waals surface area (Å²) in [6.45, 7) is 0. The number of carbonyl (C=O) groups excluding carboxylic acids is 1. The summed E-state index contributed by atoms with van der Waals surface area (Å²) >= 11 is 0. The highest BCUT2D eigenvalue weighted by Gasteiger charge is 2.21. The van der Waals surface area contributed by atoms with Gasteiger partial charge in [0.05, 0.1) is 28.6 Å². The lowest BCUT2D eigenvalue weighted by molar-refractivity contribution is -0.110. The normalized spacial score (nSPS) is 10.7. The Morgan fingerprint density at radius 3 is 2.35 bits per heavy atom. The molecule has 0 spiro atoms. The number of aromatic hydroxyl groups is 1. The van der Waals surface area contributed by atoms with Crippen LogP contribution in [0.3, 0.4) is 0 Å². The number of aromatic carboxylic acids is 1. The van der Waals surface area contributed by atoms with Crippen LogP contribution in [0.4, 0.5) is 11.4 Å². The average Bonchev–Trinajstić information content (AvgIpc) is 2.80. The van der Waals surface area contributed by atoms with Gasteiger partial charge in [-0.3, -0.25) is 14.9 Å². The van der Waals surface area contributed by atoms with Crippen molar-refractivity contribution in [3.63, 3.8) is 0 Å². The molecular weight excluding hydrogens is 460 g/mol. The van der Waals surface area contributed by atoms with Gasteiger partial charge in [-0.25, -0.2) is 13.2 Å². The lowest BCUT2D eigenvalue weighted by Crippen LogP contribution is -2.24. The Hall–Kier alpha value is -4.69. The fourth-order valence-corrected chi connectivity index (χ4v) is 4.21. The average molecular weight is 478 g/mol. The molecule has 11 heteroatoms. The Morgan fingerprint density at radius 1 is 1.00 bits per heavy atom. The van der Waals surface area contributed by atoms with Crippen molar-refractivity contribution in [1.82, 2.24) is 0 Å². The van der Waals surface area contributed by atoms with Crippen molar-refractivity contribution in [2.45, 2.75) is 5.75 Å². The van der Waals surface area contributed by atoms with Crippen LogP contribution in [0.1, 0.15) is 27.0 Å². The Balaban J connectivity index is 1.82. The van der Waals surface area contributed by atoms with Gasteiger partial charge in [0, 0.05) is 11.3 Å². The van der Waals surface area contributed by atoms with Crippen LogP contribution in [0.2, 0.25) is 0 Å². The molecule has 0 aliphatic rings. The van der Waals surface area contributed by atoms with Gasteiger partial charge in [-0.05, 0) is 42.0 Å². The van der Waals surface area contributed by atoms with Crippen LogP contribution in [-0.2, 0) is 20.6 Å². The van der Waals surface area contributed by atoms with Crippen molar-refractivity contribution in [1.29, 1.82) is 10.7 Å². The number of phenols is 1. The summed E-state index contributed by atoms with van der Waals surface area (Å²) in [6.07, 6.45) is 0. The zero-order valence-corrected chi connectivity index (χ0v) is 18.3. The summed E-state index contributed by atoms with van der Waals surface area (Å²) in [5.74, 6) is -3.20. The molecule has 0 saturated carbocycles. The number of sulfonamides is 1. The SMILES string of the molecule is N#Cc1ccc(NC(=O)C(=N)c2cc(NS(=O)(=O)Cc3ccccc3)ccc2O)c(C(=O)O)c1. The van der Waals surface area contributed by atoms with Gasteiger partial charge in [0.2, 0.25) is 10.0 Å². The predicted molar refractivity (Wildman–Crippen MR) is 124 cm³/mol. The molecule has 0 heterocycles. The number of hydrogen-bond acceptors (Lipinski definition) is 7. The van der Waals surface area contributed by atoms with Crippen LogP contribution < -0.4 is 10.0 Å². The minimum absolute atomic E-state index is 0.0193. The molecule has 3 aromatic rings. The molecule has 0 unspecified atom stereocenters. The minimum atomic E-state index is -3.83. The summed E-state index contributed by atoms with van der Waals surface area (Å²) in [6, 6.07) is 17.3. The smallest absolute Gasteiger partial charge is 0.337 e. The molecule has 0 saturated heterocycles. The monoisotopic (exact) mass is 478 g/mol. The van der Waals surface area contributed by atoms with Gasteiger partial charge in [-0.2, -0.15) is 5.26 Å². The Labute approximate surface area is 194 Å². The van der Waals surface area contributed by atoms with E-state index in [1.807, 2.05) is 0 Å². The molecule has 10 nitrogen and oxygen atoms in total. The van der Waals surface area contributed by atoms with Crippen molar-refractivity contribution in [3.05, 3.63) is 89.0 Å². The molecular formula is C23H18N4O6S. The van der Waals surface area contributed by atoms with E-state index >= 15 is 0 Å². The lowest BCUT2D eigenvalue weighted by atomic mass is 10.1. The van der Waals surface area contributed by atoms with Crippen LogP contribution in [0.15, 0.2) is 66.7 Å². The minimum Gasteiger partial charge on any atom is -0.507 e. The number of phenolic OH excluding ortho intramolecular Hbond substituents is 1. The fraction of sp³-hybridized carbons (Fsp3) is 0.0435. The van der Waals surface area contributed by atoms with E-state index in [0.29, 0.717) is 5.56 Å². The third kappa shape index (κ3) is 5.76. The molecule has 34 heavy (non-hydrogen) atoms. The Bertz CT molecular complexity index is 1430. The van der Waals surface area contributed by atoms with Crippen LogP contribution >= 0.6 is 0 Å². The van der Waals surface area contributed by atoms with Gasteiger partial charge in [0.15, 0.2) is 0 Å². The number of rotatable bonds is 8. The molecule has 3 aromatic carbocycles. The second kappa shape index (κ2) is 9.85. The van der Waals surface area contributed by atoms with Gasteiger partial charge >= 0.3 is 5.97 Å². The van der Waals surface area contributed by atoms with Crippen LogP contribution in [0.25, 0.3) is 0 Å². The summed E-state index contributed by atoms with van der Waals surface area (Å²) in [5, 5.41) is 38.8. The number of carboxylic acid groups (broad SMARTS) is 1. The van der Waals surface area contributed by atoms with E-state index in [-0.39, 0.29) is 33.8 Å². The topological polar surface area (TPSA) is 180 Å². The molecule has 0 bridgehead atoms. The summed E-state index contributed by atoms with van der Waals surface area (Å²) in [4.78, 5) is 24.0. The standard InChI is InChI=1S/C23H18N4O6S/c24-12-15-6-8-19(17(10-15)23(30)31)26-22(29)21(25)18-11-16(7-9-20(18)28)27-34(32,33)13-14-4-2-1-3-5-14/h1-11,25,27-28H,13H2,(H,26,29)(H,30,31). The van der Waals surface area contributed by atoms with E-state index in [9.17, 15) is 28.2 Å². The van der Waals surface area contributed by atoms with Crippen molar-refractivity contribution >= 4 is 39.0 Å². The van der Waals surface area contributed by atoms with Gasteiger partial charge < -0.3 is 15.5 Å². The molecule has 0 aromatic heterocycles. The third-order valence-corrected chi connectivity index (χ3v) is 5.85. The van der Waals surface area contributed by atoms with Gasteiger partial charge in [0.1, 0.15) is 11.5 Å². The first kappa shape index (κ1) is 24.0. The Kier molecular flexibility index (Phi) is 6.94. The molecule has 0 atom stereocenters. The summed E-state index contributed by atoms with van der Waals surface area (Å²) in [5.41, 5.74) is -0.875. The first-order valence-corrected chi connectivity index (χ1v) is 11.3. The maximum Gasteiger partial charge on any atom is 0.337 e. The van der Waals surface area contributed by atoms with E-state index in [4.69, 9.17) is 10.7 Å². The van der Waals surface area contributed by atoms with Crippen molar-refractivity contribution in [3.8, 4) is 11.8 Å². The number of amides is 1. The van der Waals surface area contributed by atoms with E-state index in [2.05, 4.69) is 10.0 Å². The first-order chi connectivity index (χ1) is 16.1. The van der Waals surface area contributed by atoms with E-state index in [1.165, 1.54) is 18.2 Å². The molecule has 3 rings (SSSR count). The largest absolute Gasteiger partial charge is 0.507 e. The van der Waals surface area contributed by atoms with Crippen LogP contribution in [0.5, 0.6) is 5.75 Å². The van der Waals surface area contributed by atoms with E-state index < -0.39 is 33.4 Å². The lowest BCUT2D eigenvalue weighted by Gasteiger charge is -2.13. The quantitative estimate of drug-likeness (QED) is 0.244. The number of nitrogens with zero attached hydrogens (tertiary/aromatic N) is 1. The molecule has 0 aliphatic carbocycles. The number of carboxylic acids is 1. The second-order valence-corrected chi connectivity index (χ2v) is 8.81. The first-order valence-electron chi connectivity index (χ1n) is 9.65. The zero-order valence-electron chi connectivity index (χ0n) is 17.4. The van der Waals surface area contributed by atoms with E-state index in [0.717, 1.165) is 18.2 Å². The van der Waals surface area contributed by atoms with Crippen molar-refractivity contribution in [2.75, 3.05) is 10.0 Å². The van der Waals surface area contributed by atoms with Crippen molar-refractivity contribution in [2.24, 2.45) is 0 Å². The molecule has 5 N–H and O–H groups in total.